The van der Waals surface area contributed by atoms with Gasteiger partial charge < -0.3 is 4.57 Å². The summed E-state index contributed by atoms with van der Waals surface area (Å²) in [6.45, 7) is 4.48. The van der Waals surface area contributed by atoms with Gasteiger partial charge in [-0.15, -0.1) is 0 Å². The molecule has 1 aromatic heterocycles. The molecule has 12 aromatic rings. The highest BCUT2D eigenvalue weighted by Crippen LogP contribution is 2.43. The molecule has 0 spiro atoms. The fourth-order valence-corrected chi connectivity index (χ4v) is 10.8. The molecule has 11 aromatic carbocycles. The van der Waals surface area contributed by atoms with Crippen molar-refractivity contribution in [3.8, 4) is 16.8 Å². The Kier molecular flexibility index (Phi) is 9.76. The summed E-state index contributed by atoms with van der Waals surface area (Å²) in [5.41, 5.74) is 8.52. The highest BCUT2D eigenvalue weighted by molar-refractivity contribution is 6.31. The van der Waals surface area contributed by atoms with E-state index in [9.17, 15) is 0 Å². The lowest BCUT2D eigenvalue weighted by atomic mass is 9.90. The Morgan fingerprint density at radius 1 is 0.449 bits per heavy atom. The molecule has 1 aliphatic carbocycles. The lowest BCUT2D eigenvalue weighted by molar-refractivity contribution is 1.06. The van der Waals surface area contributed by atoms with Gasteiger partial charge >= 0.3 is 0 Å². The first-order valence-electron chi connectivity index (χ1n) is 23.6. The number of hydrogen-bond donors (Lipinski definition) is 0. The lowest BCUT2D eigenvalue weighted by Crippen LogP contribution is -2.08. The molecule has 324 valence electrons. The number of hydrogen-bond acceptors (Lipinski definition) is 1. The van der Waals surface area contributed by atoms with E-state index in [1.807, 2.05) is 6.07 Å². The Hall–Kier alpha value is -8.99. The number of aromatic nitrogens is 1. The van der Waals surface area contributed by atoms with Crippen LogP contribution in [0.4, 0.5) is 0 Å². The largest absolute Gasteiger partial charge is 0.309 e. The van der Waals surface area contributed by atoms with Crippen molar-refractivity contribution in [2.75, 3.05) is 0 Å². The topological polar surface area (TPSA) is 42.0 Å². The van der Waals surface area contributed by atoms with Crippen LogP contribution in [0.15, 0.2) is 251 Å². The SMILES string of the molecule is C=N/C(=N\C(=N/Cc1ccccc1)c1cc(-n2c3ccccc3c3cc(-c4ccc5c6ccccc6c6ccccc6c5c4)ccc32)cc2c3ccccc3c3ccccc3c12)C1=CC=CCC=C1. The molecule has 0 saturated heterocycles. The molecule has 0 saturated carbocycles. The Morgan fingerprint density at radius 2 is 0.986 bits per heavy atom. The predicted octanol–water partition coefficient (Wildman–Crippen LogP) is 16.9. The highest BCUT2D eigenvalue weighted by Gasteiger charge is 2.21. The molecular weight excluding hydrogens is 837 g/mol. The summed E-state index contributed by atoms with van der Waals surface area (Å²) in [5, 5.41) is 16.9. The van der Waals surface area contributed by atoms with Gasteiger partial charge in [-0.25, -0.2) is 9.98 Å². The zero-order valence-corrected chi connectivity index (χ0v) is 37.8. The molecular formula is C65H44N4. The Bertz CT molecular complexity index is 4220. The Balaban J connectivity index is 1.08. The van der Waals surface area contributed by atoms with Crippen molar-refractivity contribution in [1.82, 2.24) is 4.57 Å². The third kappa shape index (κ3) is 6.79. The van der Waals surface area contributed by atoms with Gasteiger partial charge in [0.05, 0.1) is 17.6 Å². The zero-order chi connectivity index (χ0) is 45.8. The molecule has 4 heteroatoms. The summed E-state index contributed by atoms with van der Waals surface area (Å²) in [5.74, 6) is 1.11. The van der Waals surface area contributed by atoms with Crippen LogP contribution in [-0.2, 0) is 6.54 Å². The third-order valence-electron chi connectivity index (χ3n) is 13.9. The van der Waals surface area contributed by atoms with Crippen molar-refractivity contribution < 1.29 is 0 Å². The van der Waals surface area contributed by atoms with E-state index in [4.69, 9.17) is 9.98 Å². The van der Waals surface area contributed by atoms with Crippen LogP contribution in [0.5, 0.6) is 0 Å². The molecule has 0 N–H and O–H groups in total. The molecule has 13 rings (SSSR count). The van der Waals surface area contributed by atoms with Crippen LogP contribution in [0.1, 0.15) is 17.5 Å². The molecule has 0 radical (unpaired) electrons. The second-order valence-corrected chi connectivity index (χ2v) is 17.9. The van der Waals surface area contributed by atoms with E-state index in [1.54, 1.807) is 0 Å². The quantitative estimate of drug-likeness (QED) is 0.0907. The molecule has 1 aliphatic rings. The molecule has 0 atom stereocenters. The first-order valence-corrected chi connectivity index (χ1v) is 23.6. The monoisotopic (exact) mass is 880 g/mol. The number of para-hydroxylation sites is 1. The van der Waals surface area contributed by atoms with Gasteiger partial charge in [-0.2, -0.15) is 0 Å². The minimum Gasteiger partial charge on any atom is -0.309 e. The van der Waals surface area contributed by atoms with Crippen molar-refractivity contribution >= 4 is 105 Å². The number of amidine groups is 2. The van der Waals surface area contributed by atoms with Crippen LogP contribution < -0.4 is 0 Å². The lowest BCUT2D eigenvalue weighted by Gasteiger charge is -2.18. The molecule has 0 aliphatic heterocycles. The summed E-state index contributed by atoms with van der Waals surface area (Å²) < 4.78 is 2.42. The fourth-order valence-electron chi connectivity index (χ4n) is 10.8. The summed E-state index contributed by atoms with van der Waals surface area (Å²) in [6.07, 6.45) is 11.3. The van der Waals surface area contributed by atoms with E-state index < -0.39 is 0 Å². The molecule has 69 heavy (non-hydrogen) atoms. The van der Waals surface area contributed by atoms with Crippen LogP contribution in [-0.4, -0.2) is 23.0 Å². The first kappa shape index (κ1) is 40.3. The van der Waals surface area contributed by atoms with Gasteiger partial charge in [0.15, 0.2) is 11.7 Å². The van der Waals surface area contributed by atoms with Gasteiger partial charge in [0.1, 0.15) is 0 Å². The van der Waals surface area contributed by atoms with Crippen LogP contribution in [0.2, 0.25) is 0 Å². The zero-order valence-electron chi connectivity index (χ0n) is 37.8. The number of fused-ring (bicyclic) bond motifs is 15. The average Bonchev–Trinajstić information content (AvgIpc) is 3.51. The van der Waals surface area contributed by atoms with Gasteiger partial charge in [-0.3, -0.25) is 4.99 Å². The van der Waals surface area contributed by atoms with E-state index >= 15 is 0 Å². The van der Waals surface area contributed by atoms with Crippen molar-refractivity contribution in [1.29, 1.82) is 0 Å². The molecule has 0 amide bonds. The Labute approximate surface area is 399 Å². The van der Waals surface area contributed by atoms with Gasteiger partial charge in [-0.1, -0.05) is 194 Å². The fraction of sp³-hybridized carbons (Fsp3) is 0.0308. The number of aliphatic imine (C=N–C) groups is 3. The number of rotatable bonds is 6. The minimum atomic E-state index is 0.440. The second-order valence-electron chi connectivity index (χ2n) is 17.9. The summed E-state index contributed by atoms with van der Waals surface area (Å²) in [4.78, 5) is 15.4. The van der Waals surface area contributed by atoms with Crippen molar-refractivity contribution in [2.45, 2.75) is 13.0 Å². The van der Waals surface area contributed by atoms with Crippen LogP contribution in [0, 0.1) is 0 Å². The van der Waals surface area contributed by atoms with Gasteiger partial charge in [0.25, 0.3) is 0 Å². The Morgan fingerprint density at radius 3 is 1.67 bits per heavy atom. The maximum absolute atomic E-state index is 5.42. The summed E-state index contributed by atoms with van der Waals surface area (Å²) in [6, 6.07) is 72.9. The van der Waals surface area contributed by atoms with E-state index in [0.717, 1.165) is 56.0 Å². The first-order chi connectivity index (χ1) is 34.2. The summed E-state index contributed by atoms with van der Waals surface area (Å²) >= 11 is 0. The van der Waals surface area contributed by atoms with Gasteiger partial charge in [-0.05, 0) is 125 Å². The minimum absolute atomic E-state index is 0.440. The smallest absolute Gasteiger partial charge is 0.160 e. The maximum atomic E-state index is 5.42. The van der Waals surface area contributed by atoms with E-state index in [2.05, 4.69) is 241 Å². The molecule has 1 heterocycles. The van der Waals surface area contributed by atoms with Gasteiger partial charge in [0, 0.05) is 33.0 Å². The molecule has 0 unspecified atom stereocenters. The number of nitrogens with zero attached hydrogens (tertiary/aromatic N) is 4. The normalized spacial score (nSPS) is 13.4. The van der Waals surface area contributed by atoms with Crippen molar-refractivity contribution in [2.24, 2.45) is 15.0 Å². The predicted molar refractivity (Wildman–Crippen MR) is 296 cm³/mol. The molecule has 0 bridgehead atoms. The maximum Gasteiger partial charge on any atom is 0.160 e. The van der Waals surface area contributed by atoms with Crippen molar-refractivity contribution in [3.05, 3.63) is 247 Å². The molecule has 0 fully saturated rings. The van der Waals surface area contributed by atoms with E-state index in [0.29, 0.717) is 18.2 Å². The average molecular weight is 881 g/mol. The second kappa shape index (κ2) is 16.7. The highest BCUT2D eigenvalue weighted by atomic mass is 15.0. The van der Waals surface area contributed by atoms with E-state index in [1.165, 1.54) is 70.4 Å². The summed E-state index contributed by atoms with van der Waals surface area (Å²) in [7, 11) is 0. The van der Waals surface area contributed by atoms with Crippen LogP contribution in [0.25, 0.3) is 103 Å². The van der Waals surface area contributed by atoms with E-state index in [-0.39, 0.29) is 0 Å². The van der Waals surface area contributed by atoms with Crippen LogP contribution in [0.3, 0.4) is 0 Å². The number of allylic oxidation sites excluding steroid dienone is 4. The van der Waals surface area contributed by atoms with Gasteiger partial charge in [0.2, 0.25) is 0 Å². The standard InChI is InChI=1S/C65H44N4/c1-66-64(43-21-7-2-3-8-22-43)68-65(67-41-42-19-5-4-6-20-42)60-40-46(39-59-53-29-14-12-26-50(53)51-27-15-16-31-56(51)63(59)60)69-61-32-18-17-30-55(61)58-38-45(34-36-62(58)69)44-33-35-54-49-25-10-9-23-47(49)48-24-11-13-28-52(48)57(54)37-44/h2,4-40H,1,3,41H2/b67-65-,68-64-. The molecule has 4 nitrogen and oxygen atoms in total. The van der Waals surface area contributed by atoms with Crippen molar-refractivity contribution in [3.63, 3.8) is 0 Å². The third-order valence-corrected chi connectivity index (χ3v) is 13.9. The number of benzene rings is 11. The van der Waals surface area contributed by atoms with Crippen LogP contribution >= 0.6 is 0 Å².